The van der Waals surface area contributed by atoms with Gasteiger partial charge in [-0.05, 0) is 31.5 Å². The summed E-state index contributed by atoms with van der Waals surface area (Å²) in [4.78, 5) is 24.3. The van der Waals surface area contributed by atoms with Gasteiger partial charge in [0.15, 0.2) is 17.4 Å². The van der Waals surface area contributed by atoms with Crippen molar-refractivity contribution in [3.63, 3.8) is 0 Å². The van der Waals surface area contributed by atoms with Crippen LogP contribution in [-0.4, -0.2) is 50.3 Å². The number of carbonyl (C=O) groups excluding carboxylic acids is 2. The molecule has 1 aromatic rings. The molecule has 0 aliphatic rings. The standard InChI is InChI=1S/C15H20O9S.Na/c1-4-23-14(17)12(15(18)24-5-2)13(25(19,20)21)9-6-7-10(16)11(8-9)22-3;/h6-8,12-13,16H,4-5H2,1-3H3,(H,19,20,21);/q;+1/p-1. The van der Waals surface area contributed by atoms with E-state index in [-0.39, 0.29) is 59.8 Å². The molecule has 1 rings (SSSR count). The van der Waals surface area contributed by atoms with E-state index >= 15 is 0 Å². The van der Waals surface area contributed by atoms with E-state index in [2.05, 4.69) is 0 Å². The molecule has 0 aromatic heterocycles. The van der Waals surface area contributed by atoms with Gasteiger partial charge < -0.3 is 23.9 Å². The van der Waals surface area contributed by atoms with E-state index in [4.69, 9.17) is 14.2 Å². The van der Waals surface area contributed by atoms with E-state index in [1.807, 2.05) is 0 Å². The van der Waals surface area contributed by atoms with E-state index in [0.29, 0.717) is 0 Å². The largest absolute Gasteiger partial charge is 1.00 e. The fourth-order valence-electron chi connectivity index (χ4n) is 2.20. The second-order valence-corrected chi connectivity index (χ2v) is 6.32. The van der Waals surface area contributed by atoms with Gasteiger partial charge in [0.05, 0.1) is 25.6 Å². The maximum absolute atomic E-state index is 12.1. The molecule has 9 nitrogen and oxygen atoms in total. The summed E-state index contributed by atoms with van der Waals surface area (Å²) in [5, 5.41) is 7.51. The molecule has 0 spiro atoms. The van der Waals surface area contributed by atoms with Gasteiger partial charge in [0.1, 0.15) is 10.1 Å². The third-order valence-corrected chi connectivity index (χ3v) is 4.39. The third kappa shape index (κ3) is 6.13. The van der Waals surface area contributed by atoms with Crippen molar-refractivity contribution >= 4 is 22.1 Å². The zero-order valence-corrected chi connectivity index (χ0v) is 17.7. The van der Waals surface area contributed by atoms with Crippen molar-refractivity contribution < 1.29 is 71.4 Å². The van der Waals surface area contributed by atoms with Gasteiger partial charge >= 0.3 is 41.5 Å². The van der Waals surface area contributed by atoms with Crippen LogP contribution in [-0.2, 0) is 29.2 Å². The Morgan fingerprint density at radius 3 is 2.04 bits per heavy atom. The minimum Gasteiger partial charge on any atom is -0.747 e. The molecule has 0 aliphatic heterocycles. The quantitative estimate of drug-likeness (QED) is 0.222. The first-order chi connectivity index (χ1) is 11.7. The second kappa shape index (κ2) is 10.7. The number of benzene rings is 1. The summed E-state index contributed by atoms with van der Waals surface area (Å²) in [6, 6.07) is 3.24. The van der Waals surface area contributed by atoms with Crippen LogP contribution in [0.5, 0.6) is 11.5 Å². The first kappa shape index (κ1) is 24.7. The monoisotopic (exact) mass is 398 g/mol. The fourth-order valence-corrected chi connectivity index (χ4v) is 3.24. The molecular weight excluding hydrogens is 379 g/mol. The summed E-state index contributed by atoms with van der Waals surface area (Å²) < 4.78 is 49.7. The summed E-state index contributed by atoms with van der Waals surface area (Å²) >= 11 is 0. The number of methoxy groups -OCH3 is 1. The molecule has 0 saturated carbocycles. The number of hydrogen-bond acceptors (Lipinski definition) is 9. The molecule has 1 unspecified atom stereocenters. The van der Waals surface area contributed by atoms with E-state index in [9.17, 15) is 27.7 Å². The number of rotatable bonds is 8. The van der Waals surface area contributed by atoms with Crippen LogP contribution in [0.1, 0.15) is 24.7 Å². The molecular formula is C15H19NaO9S. The molecule has 1 atom stereocenters. The van der Waals surface area contributed by atoms with Crippen LogP contribution in [0, 0.1) is 5.92 Å². The van der Waals surface area contributed by atoms with Crippen molar-refractivity contribution in [2.24, 2.45) is 5.92 Å². The van der Waals surface area contributed by atoms with Crippen molar-refractivity contribution in [2.45, 2.75) is 19.1 Å². The number of phenols is 1. The van der Waals surface area contributed by atoms with Crippen molar-refractivity contribution in [3.05, 3.63) is 23.8 Å². The molecule has 0 amide bonds. The zero-order valence-electron chi connectivity index (χ0n) is 14.9. The molecule has 0 bridgehead atoms. The van der Waals surface area contributed by atoms with Crippen LogP contribution in [0.2, 0.25) is 0 Å². The van der Waals surface area contributed by atoms with Gasteiger partial charge in [-0.15, -0.1) is 0 Å². The second-order valence-electron chi connectivity index (χ2n) is 4.83. The summed E-state index contributed by atoms with van der Waals surface area (Å²) in [5.74, 6) is -4.83. The predicted octanol–water partition coefficient (Wildman–Crippen LogP) is -2.27. The molecule has 0 fully saturated rings. The Morgan fingerprint density at radius 2 is 1.65 bits per heavy atom. The number of carbonyl (C=O) groups is 2. The number of aromatic hydroxyl groups is 1. The molecule has 26 heavy (non-hydrogen) atoms. The SMILES string of the molecule is CCOC(=O)C(C(=O)OCC)C(c1ccc(O)c(OC)c1)S(=O)(=O)[O-].[Na+]. The number of ether oxygens (including phenoxy) is 3. The van der Waals surface area contributed by atoms with Crippen molar-refractivity contribution in [3.8, 4) is 11.5 Å². The normalized spacial score (nSPS) is 12.0. The number of esters is 2. The third-order valence-electron chi connectivity index (χ3n) is 3.23. The van der Waals surface area contributed by atoms with Crippen LogP contribution in [0.25, 0.3) is 0 Å². The molecule has 140 valence electrons. The Balaban J connectivity index is 0.00000625. The van der Waals surface area contributed by atoms with Gasteiger partial charge in [-0.2, -0.15) is 0 Å². The van der Waals surface area contributed by atoms with E-state index in [1.54, 1.807) is 0 Å². The first-order valence-corrected chi connectivity index (χ1v) is 8.79. The number of hydrogen-bond donors (Lipinski definition) is 1. The Morgan fingerprint density at radius 1 is 1.15 bits per heavy atom. The topological polar surface area (TPSA) is 139 Å². The van der Waals surface area contributed by atoms with Crippen LogP contribution in [0.15, 0.2) is 18.2 Å². The molecule has 0 radical (unpaired) electrons. The predicted molar refractivity (Wildman–Crippen MR) is 83.9 cm³/mol. The minimum absolute atomic E-state index is 0. The van der Waals surface area contributed by atoms with Crippen molar-refractivity contribution in [2.75, 3.05) is 20.3 Å². The van der Waals surface area contributed by atoms with Gasteiger partial charge in [-0.3, -0.25) is 9.59 Å². The summed E-state index contributed by atoms with van der Waals surface area (Å²) in [5.41, 5.74) is -0.212. The Bertz CT molecular complexity index is 715. The van der Waals surface area contributed by atoms with Crippen LogP contribution >= 0.6 is 0 Å². The summed E-state index contributed by atoms with van der Waals surface area (Å²) in [6.45, 7) is 2.67. The van der Waals surface area contributed by atoms with E-state index in [1.165, 1.54) is 21.0 Å². The smallest absolute Gasteiger partial charge is 0.747 e. The van der Waals surface area contributed by atoms with Crippen LogP contribution in [0.3, 0.4) is 0 Å². The molecule has 1 aromatic carbocycles. The van der Waals surface area contributed by atoms with Gasteiger partial charge in [-0.1, -0.05) is 6.07 Å². The first-order valence-electron chi connectivity index (χ1n) is 7.32. The molecule has 0 heterocycles. The minimum atomic E-state index is -5.17. The van der Waals surface area contributed by atoms with Gasteiger partial charge in [0, 0.05) is 0 Å². The Hall–Kier alpha value is -1.33. The van der Waals surface area contributed by atoms with Crippen molar-refractivity contribution in [1.29, 1.82) is 0 Å². The molecule has 0 saturated heterocycles. The maximum atomic E-state index is 12.1. The van der Waals surface area contributed by atoms with E-state index < -0.39 is 33.2 Å². The van der Waals surface area contributed by atoms with E-state index in [0.717, 1.165) is 18.2 Å². The Kier molecular flexibility index (Phi) is 10.2. The summed E-state index contributed by atoms with van der Waals surface area (Å²) in [7, 11) is -3.95. The van der Waals surface area contributed by atoms with Crippen molar-refractivity contribution in [1.82, 2.24) is 0 Å². The van der Waals surface area contributed by atoms with Gasteiger partial charge in [0.25, 0.3) is 0 Å². The Labute approximate surface area is 173 Å². The number of phenolic OH excluding ortho intramolecular Hbond substituents is 1. The van der Waals surface area contributed by atoms with Gasteiger partial charge in [-0.25, -0.2) is 8.42 Å². The van der Waals surface area contributed by atoms with Crippen LogP contribution in [0.4, 0.5) is 0 Å². The van der Waals surface area contributed by atoms with Crippen LogP contribution < -0.4 is 34.3 Å². The fraction of sp³-hybridized carbons (Fsp3) is 0.467. The average Bonchev–Trinajstić information content (AvgIpc) is 2.52. The average molecular weight is 398 g/mol. The maximum Gasteiger partial charge on any atom is 1.00 e. The molecule has 11 heteroatoms. The molecule has 0 aliphatic carbocycles. The zero-order chi connectivity index (χ0) is 19.2. The van der Waals surface area contributed by atoms with Gasteiger partial charge in [0.2, 0.25) is 0 Å². The molecule has 1 N–H and O–H groups in total. The summed E-state index contributed by atoms with van der Waals surface area (Å²) in [6.07, 6.45) is 0.